The van der Waals surface area contributed by atoms with E-state index in [1.54, 1.807) is 0 Å². The molecule has 0 atom stereocenters. The summed E-state index contributed by atoms with van der Waals surface area (Å²) in [5.74, 6) is -1.89. The van der Waals surface area contributed by atoms with Crippen molar-refractivity contribution in [1.82, 2.24) is 4.98 Å². The number of benzene rings is 1. The zero-order chi connectivity index (χ0) is 18.8. The van der Waals surface area contributed by atoms with Crippen molar-refractivity contribution in [3.63, 3.8) is 0 Å². The second-order valence-corrected chi connectivity index (χ2v) is 5.26. The van der Waals surface area contributed by atoms with E-state index in [-0.39, 0.29) is 5.56 Å². The van der Waals surface area contributed by atoms with Crippen molar-refractivity contribution in [2.75, 3.05) is 0 Å². The lowest BCUT2D eigenvalue weighted by molar-refractivity contribution is -0.385. The highest BCUT2D eigenvalue weighted by molar-refractivity contribution is 5.74. The fourth-order valence-electron chi connectivity index (χ4n) is 2.28. The van der Waals surface area contributed by atoms with Crippen LogP contribution in [0, 0.1) is 16.5 Å². The van der Waals surface area contributed by atoms with Gasteiger partial charge in [-0.2, -0.15) is 13.2 Å². The van der Waals surface area contributed by atoms with Crippen molar-refractivity contribution in [3.05, 3.63) is 52.2 Å². The summed E-state index contributed by atoms with van der Waals surface area (Å²) in [5, 5.41) is 30.1. The van der Waals surface area contributed by atoms with E-state index in [0.717, 1.165) is 18.3 Å². The first kappa shape index (κ1) is 18.5. The number of alkyl halides is 3. The number of aromatic hydroxyl groups is 2. The molecule has 0 aliphatic carbocycles. The van der Waals surface area contributed by atoms with E-state index in [0.29, 0.717) is 18.4 Å². The lowest BCUT2D eigenvalue weighted by Crippen LogP contribution is -2.11. The standard InChI is InChI=1S/C16H14F3N2O4/c1-2-3-4-9-5-11(15(20-8-9)16(17,18)19)10-6-12(21(24)25)14(23)13(22)7-10/h3,5-8,22-23H,2,4H2,1H3. The quantitative estimate of drug-likeness (QED) is 0.475. The van der Waals surface area contributed by atoms with Crippen LogP contribution < -0.4 is 0 Å². The van der Waals surface area contributed by atoms with Crippen molar-refractivity contribution < 1.29 is 28.3 Å². The molecule has 1 heterocycles. The van der Waals surface area contributed by atoms with Crippen LogP contribution in [0.2, 0.25) is 0 Å². The minimum Gasteiger partial charge on any atom is -0.504 e. The summed E-state index contributed by atoms with van der Waals surface area (Å²) in [7, 11) is 0. The molecule has 0 fully saturated rings. The third-order valence-corrected chi connectivity index (χ3v) is 3.46. The van der Waals surface area contributed by atoms with Gasteiger partial charge in [0.2, 0.25) is 5.75 Å². The first-order valence-electron chi connectivity index (χ1n) is 7.23. The number of aromatic nitrogens is 1. The maximum atomic E-state index is 13.2. The van der Waals surface area contributed by atoms with Gasteiger partial charge in [-0.25, -0.2) is 0 Å². The van der Waals surface area contributed by atoms with Gasteiger partial charge in [0.25, 0.3) is 0 Å². The summed E-state index contributed by atoms with van der Waals surface area (Å²) in [6.45, 7) is 1.87. The average Bonchev–Trinajstić information content (AvgIpc) is 2.53. The van der Waals surface area contributed by atoms with Gasteiger partial charge in [-0.3, -0.25) is 15.1 Å². The smallest absolute Gasteiger partial charge is 0.433 e. The molecule has 0 spiro atoms. The molecular formula is C16H14F3N2O4. The van der Waals surface area contributed by atoms with Gasteiger partial charge >= 0.3 is 11.9 Å². The topological polar surface area (TPSA) is 96.5 Å². The van der Waals surface area contributed by atoms with Gasteiger partial charge < -0.3 is 10.2 Å². The van der Waals surface area contributed by atoms with Crippen LogP contribution in [-0.4, -0.2) is 20.1 Å². The van der Waals surface area contributed by atoms with E-state index in [1.807, 2.05) is 13.3 Å². The average molecular weight is 355 g/mol. The molecule has 2 N–H and O–H groups in total. The molecule has 0 bridgehead atoms. The normalized spacial score (nSPS) is 11.5. The second kappa shape index (κ2) is 6.96. The van der Waals surface area contributed by atoms with E-state index in [4.69, 9.17) is 0 Å². The molecule has 0 aliphatic heterocycles. The number of unbranched alkanes of at least 4 members (excludes halogenated alkanes) is 1. The number of pyridine rings is 1. The maximum Gasteiger partial charge on any atom is 0.433 e. The van der Waals surface area contributed by atoms with Crippen molar-refractivity contribution in [1.29, 1.82) is 0 Å². The Morgan fingerprint density at radius 2 is 1.96 bits per heavy atom. The van der Waals surface area contributed by atoms with E-state index >= 15 is 0 Å². The van der Waals surface area contributed by atoms with E-state index in [1.165, 1.54) is 6.07 Å². The maximum absolute atomic E-state index is 13.2. The molecule has 0 amide bonds. The second-order valence-electron chi connectivity index (χ2n) is 5.26. The monoisotopic (exact) mass is 355 g/mol. The summed E-state index contributed by atoms with van der Waals surface area (Å²) in [6, 6.07) is 2.83. The minimum atomic E-state index is -4.79. The Bertz CT molecular complexity index is 807. The Morgan fingerprint density at radius 3 is 2.52 bits per heavy atom. The van der Waals surface area contributed by atoms with Gasteiger partial charge in [-0.15, -0.1) is 0 Å². The molecule has 6 nitrogen and oxygen atoms in total. The van der Waals surface area contributed by atoms with Gasteiger partial charge in [-0.1, -0.05) is 13.3 Å². The van der Waals surface area contributed by atoms with E-state index < -0.39 is 39.5 Å². The van der Waals surface area contributed by atoms with Gasteiger partial charge in [0.15, 0.2) is 11.4 Å². The van der Waals surface area contributed by atoms with Gasteiger partial charge in [0.05, 0.1) is 4.92 Å². The molecule has 0 saturated carbocycles. The Labute approximate surface area is 140 Å². The molecule has 1 aromatic carbocycles. The third-order valence-electron chi connectivity index (χ3n) is 3.46. The predicted octanol–water partition coefficient (Wildman–Crippen LogP) is 4.24. The first-order chi connectivity index (χ1) is 11.6. The van der Waals surface area contributed by atoms with Crippen molar-refractivity contribution in [2.45, 2.75) is 25.9 Å². The molecule has 25 heavy (non-hydrogen) atoms. The number of hydrogen-bond donors (Lipinski definition) is 2. The highest BCUT2D eigenvalue weighted by Gasteiger charge is 2.36. The van der Waals surface area contributed by atoms with Crippen molar-refractivity contribution in [3.8, 4) is 22.6 Å². The summed E-state index contributed by atoms with van der Waals surface area (Å²) in [6.07, 6.45) is -0.773. The summed E-state index contributed by atoms with van der Waals surface area (Å²) >= 11 is 0. The lowest BCUT2D eigenvalue weighted by Gasteiger charge is -2.14. The highest BCUT2D eigenvalue weighted by atomic mass is 19.4. The molecule has 0 aliphatic rings. The van der Waals surface area contributed by atoms with Crippen LogP contribution in [-0.2, 0) is 12.6 Å². The number of hydrogen-bond acceptors (Lipinski definition) is 5. The van der Waals surface area contributed by atoms with Crippen LogP contribution in [0.3, 0.4) is 0 Å². The Balaban J connectivity index is 2.69. The molecule has 2 rings (SSSR count). The molecule has 133 valence electrons. The highest BCUT2D eigenvalue weighted by Crippen LogP contribution is 2.42. The van der Waals surface area contributed by atoms with Crippen LogP contribution in [0.15, 0.2) is 24.4 Å². The van der Waals surface area contributed by atoms with Crippen molar-refractivity contribution in [2.24, 2.45) is 0 Å². The number of nitrogens with zero attached hydrogens (tertiary/aromatic N) is 2. The SMILES string of the molecule is CC[CH]Cc1cnc(C(F)(F)F)c(-c2cc(O)c(O)c([N+](=O)[O-])c2)c1. The molecule has 2 aromatic rings. The predicted molar refractivity (Wildman–Crippen MR) is 83.0 cm³/mol. The van der Waals surface area contributed by atoms with Gasteiger partial charge in [-0.05, 0) is 36.1 Å². The zero-order valence-corrected chi connectivity index (χ0v) is 13.0. The van der Waals surface area contributed by atoms with Crippen LogP contribution in [0.4, 0.5) is 18.9 Å². The Hall–Kier alpha value is -2.84. The van der Waals surface area contributed by atoms with E-state index in [2.05, 4.69) is 4.98 Å². The van der Waals surface area contributed by atoms with Crippen LogP contribution >= 0.6 is 0 Å². The van der Waals surface area contributed by atoms with Crippen LogP contribution in [0.5, 0.6) is 11.5 Å². The Kier molecular flexibility index (Phi) is 5.15. The number of nitro groups is 1. The van der Waals surface area contributed by atoms with Crippen LogP contribution in [0.25, 0.3) is 11.1 Å². The van der Waals surface area contributed by atoms with Crippen molar-refractivity contribution >= 4 is 5.69 Å². The first-order valence-corrected chi connectivity index (χ1v) is 7.23. The molecule has 9 heteroatoms. The number of rotatable bonds is 5. The lowest BCUT2D eigenvalue weighted by atomic mass is 9.98. The molecule has 0 saturated heterocycles. The number of nitro benzene ring substituents is 1. The minimum absolute atomic E-state index is 0.264. The zero-order valence-electron chi connectivity index (χ0n) is 13.0. The fraction of sp³-hybridized carbons (Fsp3) is 0.250. The number of phenolic OH excluding ortho intramolecular Hbond substituents is 2. The molecule has 1 radical (unpaired) electrons. The van der Waals surface area contributed by atoms with Gasteiger partial charge in [0, 0.05) is 17.8 Å². The molecule has 1 aromatic heterocycles. The summed E-state index contributed by atoms with van der Waals surface area (Å²) in [4.78, 5) is 13.4. The summed E-state index contributed by atoms with van der Waals surface area (Å²) in [5.41, 5.74) is -2.31. The van der Waals surface area contributed by atoms with Crippen LogP contribution in [0.1, 0.15) is 24.6 Å². The van der Waals surface area contributed by atoms with Gasteiger partial charge in [0.1, 0.15) is 0 Å². The summed E-state index contributed by atoms with van der Waals surface area (Å²) < 4.78 is 39.7. The Morgan fingerprint density at radius 1 is 1.28 bits per heavy atom. The van der Waals surface area contributed by atoms with E-state index in [9.17, 15) is 33.5 Å². The largest absolute Gasteiger partial charge is 0.504 e. The number of phenols is 2. The fourth-order valence-corrected chi connectivity index (χ4v) is 2.28. The molecular weight excluding hydrogens is 341 g/mol. The molecule has 0 unspecified atom stereocenters. The third kappa shape index (κ3) is 3.98. The number of halogens is 3.